The minimum Gasteiger partial charge on any atom is -0.346 e. The van der Waals surface area contributed by atoms with Gasteiger partial charge in [0, 0.05) is 18.6 Å². The van der Waals surface area contributed by atoms with Crippen LogP contribution in [0.2, 0.25) is 5.02 Å². The second-order valence-electron chi connectivity index (χ2n) is 6.47. The average Bonchev–Trinajstić information content (AvgIpc) is 3.23. The lowest BCUT2D eigenvalue weighted by Gasteiger charge is -2.32. The van der Waals surface area contributed by atoms with Gasteiger partial charge >= 0.3 is 0 Å². The number of rotatable bonds is 3. The van der Waals surface area contributed by atoms with Crippen LogP contribution < -0.4 is 5.32 Å². The molecule has 24 heavy (non-hydrogen) atoms. The lowest BCUT2D eigenvalue weighted by Crippen LogP contribution is -2.46. The van der Waals surface area contributed by atoms with Crippen LogP contribution in [0.1, 0.15) is 36.2 Å². The van der Waals surface area contributed by atoms with Gasteiger partial charge in [-0.1, -0.05) is 35.4 Å². The van der Waals surface area contributed by atoms with E-state index in [0.29, 0.717) is 22.4 Å². The Hall–Kier alpha value is -1.92. The molecule has 2 aliphatic rings. The highest BCUT2D eigenvalue weighted by molar-refractivity contribution is 6.32. The zero-order valence-electron chi connectivity index (χ0n) is 13.4. The SMILES string of the molecule is O=C(NC1CCN2CCCCC12)c1cn(-c2ccccc2Cl)nn1. The smallest absolute Gasteiger partial charge is 0.273 e. The van der Waals surface area contributed by atoms with E-state index in [1.807, 2.05) is 18.2 Å². The van der Waals surface area contributed by atoms with Gasteiger partial charge in [-0.25, -0.2) is 4.68 Å². The molecule has 3 heterocycles. The number of halogens is 1. The number of fused-ring (bicyclic) bond motifs is 1. The van der Waals surface area contributed by atoms with Crippen LogP contribution >= 0.6 is 11.6 Å². The minimum atomic E-state index is -0.161. The van der Waals surface area contributed by atoms with E-state index in [1.165, 1.54) is 12.8 Å². The zero-order valence-corrected chi connectivity index (χ0v) is 14.1. The molecule has 6 nitrogen and oxygen atoms in total. The quantitative estimate of drug-likeness (QED) is 0.927. The van der Waals surface area contributed by atoms with Gasteiger partial charge in [0.15, 0.2) is 5.69 Å². The van der Waals surface area contributed by atoms with Crippen LogP contribution in [0.15, 0.2) is 30.5 Å². The summed E-state index contributed by atoms with van der Waals surface area (Å²) < 4.78 is 1.54. The van der Waals surface area contributed by atoms with E-state index in [1.54, 1.807) is 16.9 Å². The highest BCUT2D eigenvalue weighted by Gasteiger charge is 2.36. The third kappa shape index (κ3) is 2.91. The molecule has 1 aromatic heterocycles. The normalized spacial score (nSPS) is 23.9. The Balaban J connectivity index is 1.47. The molecule has 126 valence electrons. The van der Waals surface area contributed by atoms with Crippen LogP contribution in [0.3, 0.4) is 0 Å². The molecule has 0 bridgehead atoms. The van der Waals surface area contributed by atoms with E-state index in [-0.39, 0.29) is 11.9 Å². The maximum Gasteiger partial charge on any atom is 0.273 e. The second-order valence-corrected chi connectivity index (χ2v) is 6.87. The Morgan fingerprint density at radius 3 is 2.96 bits per heavy atom. The van der Waals surface area contributed by atoms with Crippen molar-refractivity contribution in [2.24, 2.45) is 0 Å². The van der Waals surface area contributed by atoms with Crippen molar-refractivity contribution in [3.63, 3.8) is 0 Å². The summed E-state index contributed by atoms with van der Waals surface area (Å²) in [6.45, 7) is 2.22. The summed E-state index contributed by atoms with van der Waals surface area (Å²) in [5.41, 5.74) is 1.04. The van der Waals surface area contributed by atoms with Gasteiger partial charge in [-0.05, 0) is 37.9 Å². The number of para-hydroxylation sites is 1. The molecule has 0 aliphatic carbocycles. The Morgan fingerprint density at radius 2 is 2.08 bits per heavy atom. The zero-order chi connectivity index (χ0) is 16.5. The predicted molar refractivity (Wildman–Crippen MR) is 91.5 cm³/mol. The average molecular weight is 346 g/mol. The molecule has 1 N–H and O–H groups in total. The summed E-state index contributed by atoms with van der Waals surface area (Å²) in [5.74, 6) is -0.161. The van der Waals surface area contributed by atoms with Crippen molar-refractivity contribution >= 4 is 17.5 Å². The summed E-state index contributed by atoms with van der Waals surface area (Å²) in [6.07, 6.45) is 6.32. The number of piperidine rings is 1. The highest BCUT2D eigenvalue weighted by Crippen LogP contribution is 2.27. The van der Waals surface area contributed by atoms with Crippen molar-refractivity contribution in [1.29, 1.82) is 0 Å². The van der Waals surface area contributed by atoms with Crippen molar-refractivity contribution in [3.8, 4) is 5.69 Å². The monoisotopic (exact) mass is 345 g/mol. The first-order valence-electron chi connectivity index (χ1n) is 8.44. The second kappa shape index (κ2) is 6.53. The van der Waals surface area contributed by atoms with E-state index in [4.69, 9.17) is 11.6 Å². The molecule has 2 unspecified atom stereocenters. The van der Waals surface area contributed by atoms with Gasteiger partial charge in [0.05, 0.1) is 16.9 Å². The highest BCUT2D eigenvalue weighted by atomic mass is 35.5. The molecule has 2 aliphatic heterocycles. The Labute approximate surface area is 145 Å². The fraction of sp³-hybridized carbons (Fsp3) is 0.471. The van der Waals surface area contributed by atoms with Gasteiger partial charge in [-0.2, -0.15) is 0 Å². The summed E-state index contributed by atoms with van der Waals surface area (Å²) in [5, 5.41) is 11.8. The molecule has 4 rings (SSSR count). The molecule has 2 saturated heterocycles. The summed E-state index contributed by atoms with van der Waals surface area (Å²) in [6, 6.07) is 8.04. The first kappa shape index (κ1) is 15.6. The number of nitrogens with zero attached hydrogens (tertiary/aromatic N) is 4. The lowest BCUT2D eigenvalue weighted by atomic mass is 9.99. The molecule has 1 amide bonds. The lowest BCUT2D eigenvalue weighted by molar-refractivity contribution is 0.0910. The third-order valence-corrected chi connectivity index (χ3v) is 5.32. The molecule has 2 atom stereocenters. The number of hydrogen-bond acceptors (Lipinski definition) is 4. The molecule has 0 radical (unpaired) electrons. The van der Waals surface area contributed by atoms with Crippen molar-refractivity contribution in [1.82, 2.24) is 25.2 Å². The molecule has 1 aromatic carbocycles. The summed E-state index contributed by atoms with van der Waals surface area (Å²) in [7, 11) is 0. The number of amides is 1. The summed E-state index contributed by atoms with van der Waals surface area (Å²) in [4.78, 5) is 15.0. The number of hydrogen-bond donors (Lipinski definition) is 1. The van der Waals surface area contributed by atoms with Crippen LogP contribution in [0.4, 0.5) is 0 Å². The first-order chi connectivity index (χ1) is 11.7. The molecular weight excluding hydrogens is 326 g/mol. The van der Waals surface area contributed by atoms with E-state index >= 15 is 0 Å². The molecule has 7 heteroatoms. The van der Waals surface area contributed by atoms with Crippen molar-refractivity contribution in [3.05, 3.63) is 41.2 Å². The van der Waals surface area contributed by atoms with E-state index < -0.39 is 0 Å². The van der Waals surface area contributed by atoms with Crippen molar-refractivity contribution in [2.45, 2.75) is 37.8 Å². The number of nitrogens with one attached hydrogen (secondary N) is 1. The van der Waals surface area contributed by atoms with Crippen LogP contribution in [-0.4, -0.2) is 51.0 Å². The minimum absolute atomic E-state index is 0.161. The maximum absolute atomic E-state index is 12.5. The molecular formula is C17H20ClN5O. The van der Waals surface area contributed by atoms with Crippen molar-refractivity contribution in [2.75, 3.05) is 13.1 Å². The fourth-order valence-electron chi connectivity index (χ4n) is 3.78. The van der Waals surface area contributed by atoms with Crippen LogP contribution in [0.25, 0.3) is 5.69 Å². The molecule has 2 fully saturated rings. The van der Waals surface area contributed by atoms with Gasteiger partial charge in [0.25, 0.3) is 5.91 Å². The Morgan fingerprint density at radius 1 is 1.21 bits per heavy atom. The first-order valence-corrected chi connectivity index (χ1v) is 8.82. The van der Waals surface area contributed by atoms with Gasteiger partial charge in [-0.3, -0.25) is 9.69 Å². The van der Waals surface area contributed by atoms with E-state index in [9.17, 15) is 4.79 Å². The molecule has 2 aromatic rings. The van der Waals surface area contributed by atoms with Crippen LogP contribution in [0.5, 0.6) is 0 Å². The van der Waals surface area contributed by atoms with Crippen molar-refractivity contribution < 1.29 is 4.79 Å². The number of carbonyl (C=O) groups is 1. The predicted octanol–water partition coefficient (Wildman–Crippen LogP) is 2.28. The topological polar surface area (TPSA) is 63.1 Å². The van der Waals surface area contributed by atoms with Crippen LogP contribution in [-0.2, 0) is 0 Å². The number of carbonyl (C=O) groups excluding carboxylic acids is 1. The van der Waals surface area contributed by atoms with Gasteiger partial charge < -0.3 is 5.32 Å². The van der Waals surface area contributed by atoms with E-state index in [2.05, 4.69) is 20.5 Å². The van der Waals surface area contributed by atoms with E-state index in [0.717, 1.165) is 25.9 Å². The largest absolute Gasteiger partial charge is 0.346 e. The number of benzene rings is 1. The van der Waals surface area contributed by atoms with Gasteiger partial charge in [-0.15, -0.1) is 5.10 Å². The molecule has 0 saturated carbocycles. The van der Waals surface area contributed by atoms with Gasteiger partial charge in [0.2, 0.25) is 0 Å². The van der Waals surface area contributed by atoms with Crippen LogP contribution in [0, 0.1) is 0 Å². The third-order valence-electron chi connectivity index (χ3n) is 5.00. The summed E-state index contributed by atoms with van der Waals surface area (Å²) >= 11 is 6.17. The standard InChI is InChI=1S/C17H20ClN5O/c18-12-5-1-2-6-15(12)23-11-14(20-21-23)17(24)19-13-8-10-22-9-4-3-7-16(13)22/h1-2,5-6,11,13,16H,3-4,7-10H2,(H,19,24). The Kier molecular flexibility index (Phi) is 4.24. The molecule has 0 spiro atoms. The Bertz CT molecular complexity index is 746. The maximum atomic E-state index is 12.5. The van der Waals surface area contributed by atoms with Gasteiger partial charge in [0.1, 0.15) is 0 Å². The number of aromatic nitrogens is 3. The fourth-order valence-corrected chi connectivity index (χ4v) is 4.00.